The van der Waals surface area contributed by atoms with Gasteiger partial charge in [-0.1, -0.05) is 17.7 Å². The van der Waals surface area contributed by atoms with E-state index in [9.17, 15) is 0 Å². The summed E-state index contributed by atoms with van der Waals surface area (Å²) in [6.07, 6.45) is 0. The quantitative estimate of drug-likeness (QED) is 0.785. The molecular weight excluding hydrogens is 207 g/mol. The average molecular weight is 217 g/mol. The van der Waals surface area contributed by atoms with E-state index >= 15 is 0 Å². The van der Waals surface area contributed by atoms with Crippen molar-refractivity contribution in [3.8, 4) is 6.07 Å². The Hall–Kier alpha value is -0.750. The molecule has 2 N–H and O–H groups in total. The van der Waals surface area contributed by atoms with E-state index in [2.05, 4.69) is 0 Å². The summed E-state index contributed by atoms with van der Waals surface area (Å²) in [5.74, 6) is 0. The number of nitriles is 1. The fraction of sp³-hybridized carbons (Fsp3) is 0.222. The third-order valence-corrected chi connectivity index (χ3v) is 1.94. The number of rotatable bonds is 1. The maximum absolute atomic E-state index is 8.57. The lowest BCUT2D eigenvalue weighted by atomic mass is 10.0. The molecule has 0 radical (unpaired) electrons. The van der Waals surface area contributed by atoms with Crippen LogP contribution in [0.25, 0.3) is 0 Å². The molecule has 1 rings (SSSR count). The lowest BCUT2D eigenvalue weighted by molar-refractivity contribution is 0.914. The molecule has 0 bridgehead atoms. The zero-order valence-corrected chi connectivity index (χ0v) is 8.69. The Morgan fingerprint density at radius 2 is 2.15 bits per heavy atom. The van der Waals surface area contributed by atoms with Gasteiger partial charge in [-0.2, -0.15) is 5.26 Å². The average Bonchev–Trinajstić information content (AvgIpc) is 2.03. The summed E-state index contributed by atoms with van der Waals surface area (Å²) in [5, 5.41) is 9.24. The molecule has 1 unspecified atom stereocenters. The Balaban J connectivity index is 0.00000144. The highest BCUT2D eigenvalue weighted by molar-refractivity contribution is 6.30. The van der Waals surface area contributed by atoms with Crippen LogP contribution in [0.3, 0.4) is 0 Å². The first-order chi connectivity index (χ1) is 5.65. The highest BCUT2D eigenvalue weighted by Crippen LogP contribution is 2.19. The second-order valence-electron chi connectivity index (χ2n) is 2.61. The summed E-state index contributed by atoms with van der Waals surface area (Å²) in [7, 11) is 0. The first-order valence-electron chi connectivity index (χ1n) is 3.56. The van der Waals surface area contributed by atoms with Crippen molar-refractivity contribution in [1.82, 2.24) is 0 Å². The third kappa shape index (κ3) is 2.89. The fourth-order valence-electron chi connectivity index (χ4n) is 1.06. The molecule has 1 atom stereocenters. The molecule has 0 spiro atoms. The van der Waals surface area contributed by atoms with Gasteiger partial charge in [0, 0.05) is 5.02 Å². The predicted molar refractivity (Wildman–Crippen MR) is 56.0 cm³/mol. The Labute approximate surface area is 88.7 Å². The number of hydrogen-bond donors (Lipinski definition) is 1. The van der Waals surface area contributed by atoms with Gasteiger partial charge in [-0.3, -0.25) is 0 Å². The monoisotopic (exact) mass is 216 g/mol. The lowest BCUT2D eigenvalue weighted by Gasteiger charge is -2.06. The lowest BCUT2D eigenvalue weighted by Crippen LogP contribution is -2.08. The van der Waals surface area contributed by atoms with Crippen LogP contribution in [-0.4, -0.2) is 0 Å². The van der Waals surface area contributed by atoms with E-state index in [0.717, 1.165) is 11.1 Å². The minimum atomic E-state index is -0.553. The van der Waals surface area contributed by atoms with Crippen LogP contribution in [0.1, 0.15) is 17.2 Å². The largest absolute Gasteiger partial charge is 0.312 e. The molecule has 0 fully saturated rings. The van der Waals surface area contributed by atoms with Crippen LogP contribution in [-0.2, 0) is 0 Å². The second-order valence-corrected chi connectivity index (χ2v) is 3.04. The Morgan fingerprint density at radius 1 is 1.54 bits per heavy atom. The molecule has 13 heavy (non-hydrogen) atoms. The molecule has 0 saturated heterocycles. The van der Waals surface area contributed by atoms with Crippen molar-refractivity contribution in [2.75, 3.05) is 0 Å². The van der Waals surface area contributed by atoms with Gasteiger partial charge in [-0.25, -0.2) is 0 Å². The summed E-state index contributed by atoms with van der Waals surface area (Å²) in [6, 6.07) is 6.74. The van der Waals surface area contributed by atoms with E-state index < -0.39 is 6.04 Å². The van der Waals surface area contributed by atoms with Crippen LogP contribution in [0.2, 0.25) is 5.02 Å². The molecule has 70 valence electrons. The predicted octanol–water partition coefficient (Wildman–Crippen LogP) is 2.59. The Kier molecular flexibility index (Phi) is 4.79. The first kappa shape index (κ1) is 12.2. The van der Waals surface area contributed by atoms with Crippen molar-refractivity contribution in [3.05, 3.63) is 34.3 Å². The molecule has 0 aliphatic heterocycles. The summed E-state index contributed by atoms with van der Waals surface area (Å²) in [5.41, 5.74) is 7.33. The molecule has 0 aromatic heterocycles. The molecule has 0 saturated carbocycles. The third-order valence-electron chi connectivity index (χ3n) is 1.71. The zero-order chi connectivity index (χ0) is 9.14. The minimum Gasteiger partial charge on any atom is -0.312 e. The van der Waals surface area contributed by atoms with Gasteiger partial charge < -0.3 is 5.73 Å². The van der Waals surface area contributed by atoms with Gasteiger partial charge in [0.25, 0.3) is 0 Å². The summed E-state index contributed by atoms with van der Waals surface area (Å²) < 4.78 is 0. The normalized spacial score (nSPS) is 11.2. The van der Waals surface area contributed by atoms with E-state index in [0.29, 0.717) is 5.02 Å². The summed E-state index contributed by atoms with van der Waals surface area (Å²) in [6.45, 7) is 1.89. The Bertz CT molecular complexity index is 331. The highest BCUT2D eigenvalue weighted by Gasteiger charge is 2.06. The molecule has 1 aromatic carbocycles. The molecule has 0 heterocycles. The van der Waals surface area contributed by atoms with Gasteiger partial charge in [0.2, 0.25) is 0 Å². The molecule has 0 amide bonds. The molecule has 2 nitrogen and oxygen atoms in total. The first-order valence-corrected chi connectivity index (χ1v) is 3.94. The van der Waals surface area contributed by atoms with Crippen molar-refractivity contribution < 1.29 is 0 Å². The van der Waals surface area contributed by atoms with Gasteiger partial charge in [-0.15, -0.1) is 12.4 Å². The van der Waals surface area contributed by atoms with Crippen LogP contribution in [0.4, 0.5) is 0 Å². The molecule has 0 aliphatic rings. The second kappa shape index (κ2) is 5.08. The highest BCUT2D eigenvalue weighted by atomic mass is 35.5. The SMILES string of the molecule is Cc1cc(Cl)ccc1C(N)C#N.Cl. The topological polar surface area (TPSA) is 49.8 Å². The van der Waals surface area contributed by atoms with Gasteiger partial charge in [0.05, 0.1) is 6.07 Å². The van der Waals surface area contributed by atoms with Gasteiger partial charge >= 0.3 is 0 Å². The van der Waals surface area contributed by atoms with Crippen LogP contribution in [0, 0.1) is 18.3 Å². The summed E-state index contributed by atoms with van der Waals surface area (Å²) in [4.78, 5) is 0. The number of benzene rings is 1. The molecule has 4 heteroatoms. The van der Waals surface area contributed by atoms with Crippen LogP contribution in [0.5, 0.6) is 0 Å². The van der Waals surface area contributed by atoms with Crippen molar-refractivity contribution in [2.45, 2.75) is 13.0 Å². The number of halogens is 2. The number of nitrogens with zero attached hydrogens (tertiary/aromatic N) is 1. The van der Waals surface area contributed by atoms with Crippen LogP contribution >= 0.6 is 24.0 Å². The number of aryl methyl sites for hydroxylation is 1. The molecule has 1 aromatic rings. The molecular formula is C9H10Cl2N2. The van der Waals surface area contributed by atoms with E-state index in [-0.39, 0.29) is 12.4 Å². The summed E-state index contributed by atoms with van der Waals surface area (Å²) >= 11 is 5.74. The van der Waals surface area contributed by atoms with Gasteiger partial charge in [-0.05, 0) is 30.2 Å². The van der Waals surface area contributed by atoms with Gasteiger partial charge in [0.15, 0.2) is 0 Å². The van der Waals surface area contributed by atoms with E-state index in [1.807, 2.05) is 13.0 Å². The fourth-order valence-corrected chi connectivity index (χ4v) is 1.28. The molecule has 0 aliphatic carbocycles. The van der Waals surface area contributed by atoms with Crippen LogP contribution in [0.15, 0.2) is 18.2 Å². The van der Waals surface area contributed by atoms with Crippen molar-refractivity contribution in [2.24, 2.45) is 5.73 Å². The van der Waals surface area contributed by atoms with E-state index in [1.165, 1.54) is 0 Å². The number of hydrogen-bond acceptors (Lipinski definition) is 2. The van der Waals surface area contributed by atoms with E-state index in [1.54, 1.807) is 18.2 Å². The van der Waals surface area contributed by atoms with Crippen molar-refractivity contribution in [1.29, 1.82) is 5.26 Å². The van der Waals surface area contributed by atoms with Gasteiger partial charge in [0.1, 0.15) is 6.04 Å². The van der Waals surface area contributed by atoms with Crippen LogP contribution < -0.4 is 5.73 Å². The smallest absolute Gasteiger partial charge is 0.119 e. The van der Waals surface area contributed by atoms with Crippen molar-refractivity contribution >= 4 is 24.0 Å². The maximum atomic E-state index is 8.57. The van der Waals surface area contributed by atoms with Crippen molar-refractivity contribution in [3.63, 3.8) is 0 Å². The standard InChI is InChI=1S/C9H9ClN2.ClH/c1-6-4-7(10)2-3-8(6)9(12)5-11;/h2-4,9H,12H2,1H3;1H. The minimum absolute atomic E-state index is 0. The number of nitrogens with two attached hydrogens (primary N) is 1. The Morgan fingerprint density at radius 3 is 2.62 bits per heavy atom. The van der Waals surface area contributed by atoms with E-state index in [4.69, 9.17) is 22.6 Å². The maximum Gasteiger partial charge on any atom is 0.119 e. The zero-order valence-electron chi connectivity index (χ0n) is 7.12.